The lowest BCUT2D eigenvalue weighted by molar-refractivity contribution is -0.131. The molecule has 1 N–H and O–H groups in total. The summed E-state index contributed by atoms with van der Waals surface area (Å²) in [5, 5.41) is 13.3. The first-order valence-corrected chi connectivity index (χ1v) is 6.45. The van der Waals surface area contributed by atoms with E-state index in [-0.39, 0.29) is 0 Å². The van der Waals surface area contributed by atoms with E-state index in [1.54, 1.807) is 6.08 Å². The maximum atomic E-state index is 10.7. The lowest BCUT2D eigenvalue weighted by Crippen LogP contribution is -2.02. The lowest BCUT2D eigenvalue weighted by atomic mass is 10.1. The molecule has 0 aliphatic carbocycles. The number of hydrogen-bond donors (Lipinski definition) is 1. The molecule has 104 valence electrons. The lowest BCUT2D eigenvalue weighted by Gasteiger charge is -2.09. The molecule has 2 rings (SSSR count). The SMILES string of the molecule is Cc1ccc(C)c(-n2nc(C)c(/C=C/C(=O)O)c2C)c1. The van der Waals surface area contributed by atoms with Crippen molar-refractivity contribution in [1.82, 2.24) is 9.78 Å². The highest BCUT2D eigenvalue weighted by Crippen LogP contribution is 2.22. The zero-order valence-corrected chi connectivity index (χ0v) is 12.1. The summed E-state index contributed by atoms with van der Waals surface area (Å²) in [7, 11) is 0. The molecule has 4 nitrogen and oxygen atoms in total. The second-order valence-corrected chi connectivity index (χ2v) is 4.96. The smallest absolute Gasteiger partial charge is 0.328 e. The first-order valence-electron chi connectivity index (χ1n) is 6.45. The number of aryl methyl sites for hydroxylation is 3. The zero-order chi connectivity index (χ0) is 14.9. The molecule has 0 saturated carbocycles. The Balaban J connectivity index is 2.57. The Hall–Kier alpha value is -2.36. The van der Waals surface area contributed by atoms with Crippen molar-refractivity contribution in [1.29, 1.82) is 0 Å². The highest BCUT2D eigenvalue weighted by atomic mass is 16.4. The summed E-state index contributed by atoms with van der Waals surface area (Å²) >= 11 is 0. The van der Waals surface area contributed by atoms with Gasteiger partial charge in [0, 0.05) is 17.3 Å². The van der Waals surface area contributed by atoms with Gasteiger partial charge in [-0.05, 0) is 51.0 Å². The van der Waals surface area contributed by atoms with Crippen LogP contribution in [0, 0.1) is 27.7 Å². The Morgan fingerprint density at radius 1 is 1.25 bits per heavy atom. The number of aromatic nitrogens is 2. The number of carbonyl (C=O) groups is 1. The van der Waals surface area contributed by atoms with E-state index in [2.05, 4.69) is 23.3 Å². The molecule has 1 heterocycles. The molecule has 2 aromatic rings. The van der Waals surface area contributed by atoms with E-state index in [0.29, 0.717) is 0 Å². The van der Waals surface area contributed by atoms with Crippen molar-refractivity contribution in [2.45, 2.75) is 27.7 Å². The van der Waals surface area contributed by atoms with Crippen LogP contribution in [-0.2, 0) is 4.79 Å². The monoisotopic (exact) mass is 270 g/mol. The molecule has 0 saturated heterocycles. The van der Waals surface area contributed by atoms with Gasteiger partial charge < -0.3 is 5.11 Å². The van der Waals surface area contributed by atoms with Gasteiger partial charge in [-0.3, -0.25) is 0 Å². The zero-order valence-electron chi connectivity index (χ0n) is 12.1. The Morgan fingerprint density at radius 2 is 1.95 bits per heavy atom. The fraction of sp³-hybridized carbons (Fsp3) is 0.250. The number of benzene rings is 1. The van der Waals surface area contributed by atoms with Gasteiger partial charge >= 0.3 is 5.97 Å². The summed E-state index contributed by atoms with van der Waals surface area (Å²) in [5.41, 5.74) is 5.94. The molecule has 0 unspecified atom stereocenters. The van der Waals surface area contributed by atoms with Gasteiger partial charge in [0.15, 0.2) is 0 Å². The van der Waals surface area contributed by atoms with Crippen LogP contribution in [-0.4, -0.2) is 20.9 Å². The van der Waals surface area contributed by atoms with E-state index in [9.17, 15) is 4.79 Å². The summed E-state index contributed by atoms with van der Waals surface area (Å²) in [5.74, 6) is -0.955. The van der Waals surface area contributed by atoms with Crippen LogP contribution in [0.2, 0.25) is 0 Å². The fourth-order valence-corrected chi connectivity index (χ4v) is 2.23. The van der Waals surface area contributed by atoms with Gasteiger partial charge in [-0.25, -0.2) is 9.48 Å². The van der Waals surface area contributed by atoms with Crippen LogP contribution in [0.1, 0.15) is 28.1 Å². The predicted octanol–water partition coefficient (Wildman–Crippen LogP) is 3.20. The third kappa shape index (κ3) is 2.64. The van der Waals surface area contributed by atoms with Gasteiger partial charge in [-0.15, -0.1) is 0 Å². The highest BCUT2D eigenvalue weighted by molar-refractivity contribution is 5.85. The van der Waals surface area contributed by atoms with E-state index in [1.165, 1.54) is 5.56 Å². The molecule has 4 heteroatoms. The van der Waals surface area contributed by atoms with E-state index in [4.69, 9.17) is 5.11 Å². The quantitative estimate of drug-likeness (QED) is 0.871. The summed E-state index contributed by atoms with van der Waals surface area (Å²) in [6.45, 7) is 7.91. The second kappa shape index (κ2) is 5.33. The molecule has 0 spiro atoms. The molecule has 0 aliphatic rings. The summed E-state index contributed by atoms with van der Waals surface area (Å²) in [6, 6.07) is 6.21. The maximum absolute atomic E-state index is 10.7. The molecule has 1 aromatic heterocycles. The minimum Gasteiger partial charge on any atom is -0.478 e. The standard InChI is InChI=1S/C16H18N2O2/c1-10-5-6-11(2)15(9-10)18-13(4)14(12(3)17-18)7-8-16(19)20/h5-9H,1-4H3,(H,19,20)/b8-7+. The number of rotatable bonds is 3. The molecule has 0 bridgehead atoms. The van der Waals surface area contributed by atoms with Crippen molar-refractivity contribution < 1.29 is 9.90 Å². The second-order valence-electron chi connectivity index (χ2n) is 4.96. The fourth-order valence-electron chi connectivity index (χ4n) is 2.23. The first kappa shape index (κ1) is 14.1. The van der Waals surface area contributed by atoms with Gasteiger partial charge in [-0.1, -0.05) is 12.1 Å². The molecule has 0 radical (unpaired) electrons. The largest absolute Gasteiger partial charge is 0.478 e. The Labute approximate surface area is 118 Å². The topological polar surface area (TPSA) is 55.1 Å². The van der Waals surface area contributed by atoms with Crippen molar-refractivity contribution in [2.24, 2.45) is 0 Å². The van der Waals surface area contributed by atoms with Crippen molar-refractivity contribution in [2.75, 3.05) is 0 Å². The first-order chi connectivity index (χ1) is 9.40. The van der Waals surface area contributed by atoms with E-state index >= 15 is 0 Å². The van der Waals surface area contributed by atoms with E-state index < -0.39 is 5.97 Å². The molecule has 0 fully saturated rings. The molecule has 20 heavy (non-hydrogen) atoms. The Kier molecular flexibility index (Phi) is 3.74. The van der Waals surface area contributed by atoms with Gasteiger partial charge in [-0.2, -0.15) is 5.10 Å². The third-order valence-corrected chi connectivity index (χ3v) is 3.33. The van der Waals surface area contributed by atoms with Crippen molar-refractivity contribution in [3.8, 4) is 5.69 Å². The minimum atomic E-state index is -0.955. The van der Waals surface area contributed by atoms with Crippen LogP contribution < -0.4 is 0 Å². The average Bonchev–Trinajstić information content (AvgIpc) is 2.65. The van der Waals surface area contributed by atoms with E-state index in [0.717, 1.165) is 34.3 Å². The molecule has 0 amide bonds. The molecule has 0 atom stereocenters. The van der Waals surface area contributed by atoms with Crippen LogP contribution in [0.15, 0.2) is 24.3 Å². The van der Waals surface area contributed by atoms with Crippen LogP contribution in [0.4, 0.5) is 0 Å². The summed E-state index contributed by atoms with van der Waals surface area (Å²) in [6.07, 6.45) is 2.74. The molecule has 1 aromatic carbocycles. The number of hydrogen-bond acceptors (Lipinski definition) is 2. The third-order valence-electron chi connectivity index (χ3n) is 3.33. The molecule has 0 aliphatic heterocycles. The van der Waals surface area contributed by atoms with E-state index in [1.807, 2.05) is 32.4 Å². The van der Waals surface area contributed by atoms with Gasteiger partial charge in [0.25, 0.3) is 0 Å². The van der Waals surface area contributed by atoms with Crippen molar-refractivity contribution in [3.05, 3.63) is 52.4 Å². The van der Waals surface area contributed by atoms with Crippen LogP contribution in [0.5, 0.6) is 0 Å². The Bertz CT molecular complexity index is 697. The number of carboxylic acid groups (broad SMARTS) is 1. The van der Waals surface area contributed by atoms with Gasteiger partial charge in [0.1, 0.15) is 0 Å². The van der Waals surface area contributed by atoms with Gasteiger partial charge in [0.05, 0.1) is 11.4 Å². The average molecular weight is 270 g/mol. The number of nitrogens with zero attached hydrogens (tertiary/aromatic N) is 2. The summed E-state index contributed by atoms with van der Waals surface area (Å²) in [4.78, 5) is 10.7. The van der Waals surface area contributed by atoms with Crippen LogP contribution >= 0.6 is 0 Å². The molecular weight excluding hydrogens is 252 g/mol. The Morgan fingerprint density at radius 3 is 2.60 bits per heavy atom. The predicted molar refractivity (Wildman–Crippen MR) is 79.2 cm³/mol. The number of aliphatic carboxylic acids is 1. The number of carboxylic acids is 1. The molecular formula is C16H18N2O2. The van der Waals surface area contributed by atoms with Crippen LogP contribution in [0.3, 0.4) is 0 Å². The van der Waals surface area contributed by atoms with Gasteiger partial charge in [0.2, 0.25) is 0 Å². The maximum Gasteiger partial charge on any atom is 0.328 e. The summed E-state index contributed by atoms with van der Waals surface area (Å²) < 4.78 is 1.87. The normalized spacial score (nSPS) is 11.2. The highest BCUT2D eigenvalue weighted by Gasteiger charge is 2.12. The minimum absolute atomic E-state index is 0.820. The van der Waals surface area contributed by atoms with Crippen molar-refractivity contribution >= 4 is 12.0 Å². The van der Waals surface area contributed by atoms with Crippen molar-refractivity contribution in [3.63, 3.8) is 0 Å². The van der Waals surface area contributed by atoms with Crippen LogP contribution in [0.25, 0.3) is 11.8 Å².